The second kappa shape index (κ2) is 9.11. The molecule has 0 spiro atoms. The van der Waals surface area contributed by atoms with Gasteiger partial charge in [0, 0.05) is 29.3 Å². The van der Waals surface area contributed by atoms with Crippen LogP contribution in [0.5, 0.6) is 0 Å². The van der Waals surface area contributed by atoms with E-state index in [2.05, 4.69) is 51.1 Å². The van der Waals surface area contributed by atoms with Gasteiger partial charge in [-0.2, -0.15) is 0 Å². The SMILES string of the molecule is c1ncc(Nc2ccc3c(C4CCCCC4)c[nH]c3c2)cc1NCC1CCCCC1. The van der Waals surface area contributed by atoms with Gasteiger partial charge in [-0.1, -0.05) is 44.6 Å². The van der Waals surface area contributed by atoms with Crippen LogP contribution >= 0.6 is 0 Å². The molecule has 2 fully saturated rings. The summed E-state index contributed by atoms with van der Waals surface area (Å²) in [4.78, 5) is 7.95. The number of benzene rings is 1. The Morgan fingerprint density at radius 3 is 2.43 bits per heavy atom. The average molecular weight is 403 g/mol. The topological polar surface area (TPSA) is 52.7 Å². The molecule has 2 aliphatic carbocycles. The minimum absolute atomic E-state index is 0.724. The van der Waals surface area contributed by atoms with Gasteiger partial charge in [0.25, 0.3) is 0 Å². The zero-order chi connectivity index (χ0) is 20.2. The third-order valence-electron chi connectivity index (χ3n) is 7.11. The Morgan fingerprint density at radius 2 is 1.60 bits per heavy atom. The number of nitrogens with one attached hydrogen (secondary N) is 3. The number of anilines is 3. The molecule has 5 rings (SSSR count). The Bertz CT molecular complexity index is 964. The van der Waals surface area contributed by atoms with Crippen molar-refractivity contribution >= 4 is 28.0 Å². The predicted octanol–water partition coefficient (Wildman–Crippen LogP) is 7.35. The number of aromatic nitrogens is 2. The molecule has 0 unspecified atom stereocenters. The smallest absolute Gasteiger partial charge is 0.0591 e. The Morgan fingerprint density at radius 1 is 0.833 bits per heavy atom. The minimum Gasteiger partial charge on any atom is -0.383 e. The summed E-state index contributed by atoms with van der Waals surface area (Å²) in [5.41, 5.74) is 5.96. The van der Waals surface area contributed by atoms with Crippen molar-refractivity contribution in [3.63, 3.8) is 0 Å². The van der Waals surface area contributed by atoms with E-state index < -0.39 is 0 Å². The molecular weight excluding hydrogens is 368 g/mol. The fraction of sp³-hybridized carbons (Fsp3) is 0.500. The van der Waals surface area contributed by atoms with Crippen LogP contribution in [0.15, 0.2) is 42.9 Å². The summed E-state index contributed by atoms with van der Waals surface area (Å²) in [5.74, 6) is 1.53. The first-order chi connectivity index (χ1) is 14.8. The van der Waals surface area contributed by atoms with Crippen LogP contribution in [0.2, 0.25) is 0 Å². The van der Waals surface area contributed by atoms with Gasteiger partial charge < -0.3 is 15.6 Å². The van der Waals surface area contributed by atoms with Crippen molar-refractivity contribution < 1.29 is 0 Å². The second-order valence-corrected chi connectivity index (χ2v) is 9.31. The van der Waals surface area contributed by atoms with E-state index in [9.17, 15) is 0 Å². The van der Waals surface area contributed by atoms with Gasteiger partial charge in [-0.05, 0) is 61.3 Å². The lowest BCUT2D eigenvalue weighted by Gasteiger charge is -2.22. The van der Waals surface area contributed by atoms with E-state index in [1.54, 1.807) is 0 Å². The number of hydrogen-bond acceptors (Lipinski definition) is 3. The zero-order valence-electron chi connectivity index (χ0n) is 17.9. The van der Waals surface area contributed by atoms with Gasteiger partial charge in [-0.15, -0.1) is 0 Å². The molecule has 0 bridgehead atoms. The normalized spacial score (nSPS) is 18.5. The molecule has 0 atom stereocenters. The third kappa shape index (κ3) is 4.48. The number of rotatable bonds is 6. The standard InChI is InChI=1S/C26H34N4/c1-3-7-19(8-4-1)15-28-22-13-23(17-27-16-22)30-21-11-12-24-25(18-29-26(24)14-21)20-9-5-2-6-10-20/h11-14,16-20,28-30H,1-10,15H2. The van der Waals surface area contributed by atoms with Crippen molar-refractivity contribution in [1.29, 1.82) is 0 Å². The molecule has 4 heteroatoms. The van der Waals surface area contributed by atoms with Crippen molar-refractivity contribution in [2.24, 2.45) is 5.92 Å². The Balaban J connectivity index is 1.26. The maximum atomic E-state index is 4.44. The number of nitrogens with zero attached hydrogens (tertiary/aromatic N) is 1. The quantitative estimate of drug-likeness (QED) is 0.404. The molecule has 30 heavy (non-hydrogen) atoms. The summed E-state index contributed by atoms with van der Waals surface area (Å²) in [6, 6.07) is 8.87. The summed E-state index contributed by atoms with van der Waals surface area (Å²) in [7, 11) is 0. The van der Waals surface area contributed by atoms with Crippen LogP contribution in [0.1, 0.15) is 75.7 Å². The lowest BCUT2D eigenvalue weighted by atomic mass is 9.84. The molecule has 2 aromatic heterocycles. The van der Waals surface area contributed by atoms with E-state index in [0.29, 0.717) is 0 Å². The summed E-state index contributed by atoms with van der Waals surface area (Å²) in [5, 5.41) is 8.52. The lowest BCUT2D eigenvalue weighted by Crippen LogP contribution is -2.17. The summed E-state index contributed by atoms with van der Waals surface area (Å²) in [6.45, 7) is 1.06. The molecule has 3 aromatic rings. The first-order valence-corrected chi connectivity index (χ1v) is 11.9. The summed E-state index contributed by atoms with van der Waals surface area (Å²) >= 11 is 0. The van der Waals surface area contributed by atoms with E-state index >= 15 is 0 Å². The van der Waals surface area contributed by atoms with Crippen molar-refractivity contribution in [2.45, 2.75) is 70.1 Å². The molecule has 0 amide bonds. The summed E-state index contributed by atoms with van der Waals surface area (Å²) < 4.78 is 0. The second-order valence-electron chi connectivity index (χ2n) is 9.31. The van der Waals surface area contributed by atoms with Crippen LogP contribution in [0, 0.1) is 5.92 Å². The molecule has 3 N–H and O–H groups in total. The zero-order valence-corrected chi connectivity index (χ0v) is 17.9. The fourth-order valence-corrected chi connectivity index (χ4v) is 5.40. The number of pyridine rings is 1. The number of aromatic amines is 1. The highest BCUT2D eigenvalue weighted by Crippen LogP contribution is 2.37. The molecule has 0 saturated heterocycles. The van der Waals surface area contributed by atoms with E-state index in [1.807, 2.05) is 12.4 Å². The van der Waals surface area contributed by atoms with E-state index in [4.69, 9.17) is 0 Å². The Kier molecular flexibility index (Phi) is 5.91. The Labute approximate surface area is 179 Å². The molecule has 158 valence electrons. The lowest BCUT2D eigenvalue weighted by molar-refractivity contribution is 0.373. The number of H-pyrrole nitrogens is 1. The monoisotopic (exact) mass is 402 g/mol. The van der Waals surface area contributed by atoms with Crippen LogP contribution in [-0.4, -0.2) is 16.5 Å². The van der Waals surface area contributed by atoms with E-state index in [-0.39, 0.29) is 0 Å². The van der Waals surface area contributed by atoms with Crippen LogP contribution in [0.4, 0.5) is 17.1 Å². The van der Waals surface area contributed by atoms with E-state index in [1.165, 1.54) is 80.7 Å². The molecule has 0 radical (unpaired) electrons. The molecule has 0 aliphatic heterocycles. The van der Waals surface area contributed by atoms with Crippen LogP contribution < -0.4 is 10.6 Å². The van der Waals surface area contributed by atoms with Gasteiger partial charge in [0.15, 0.2) is 0 Å². The van der Waals surface area contributed by atoms with Crippen LogP contribution in [-0.2, 0) is 0 Å². The minimum atomic E-state index is 0.724. The maximum Gasteiger partial charge on any atom is 0.0591 e. The van der Waals surface area contributed by atoms with Gasteiger partial charge in [-0.3, -0.25) is 4.98 Å². The molecular formula is C26H34N4. The molecule has 4 nitrogen and oxygen atoms in total. The first-order valence-electron chi connectivity index (χ1n) is 11.9. The molecule has 2 aliphatic rings. The third-order valence-corrected chi connectivity index (χ3v) is 7.11. The van der Waals surface area contributed by atoms with Crippen molar-refractivity contribution in [1.82, 2.24) is 9.97 Å². The van der Waals surface area contributed by atoms with Gasteiger partial charge in [0.1, 0.15) is 0 Å². The highest BCUT2D eigenvalue weighted by Gasteiger charge is 2.19. The first kappa shape index (κ1) is 19.5. The van der Waals surface area contributed by atoms with Crippen LogP contribution in [0.25, 0.3) is 10.9 Å². The Hall–Kier alpha value is -2.49. The van der Waals surface area contributed by atoms with Gasteiger partial charge >= 0.3 is 0 Å². The van der Waals surface area contributed by atoms with Gasteiger partial charge in [-0.25, -0.2) is 0 Å². The highest BCUT2D eigenvalue weighted by atomic mass is 14.9. The van der Waals surface area contributed by atoms with Crippen LogP contribution in [0.3, 0.4) is 0 Å². The number of hydrogen-bond donors (Lipinski definition) is 3. The average Bonchev–Trinajstić information content (AvgIpc) is 3.23. The van der Waals surface area contributed by atoms with Crippen molar-refractivity contribution in [3.8, 4) is 0 Å². The van der Waals surface area contributed by atoms with Gasteiger partial charge in [0.2, 0.25) is 0 Å². The maximum absolute atomic E-state index is 4.44. The largest absolute Gasteiger partial charge is 0.383 e. The predicted molar refractivity (Wildman–Crippen MR) is 127 cm³/mol. The summed E-state index contributed by atoms with van der Waals surface area (Å²) in [6.07, 6.45) is 19.8. The van der Waals surface area contributed by atoms with Gasteiger partial charge in [0.05, 0.1) is 23.8 Å². The fourth-order valence-electron chi connectivity index (χ4n) is 5.40. The molecule has 2 heterocycles. The van der Waals surface area contributed by atoms with Crippen molar-refractivity contribution in [3.05, 3.63) is 48.4 Å². The molecule has 2 saturated carbocycles. The van der Waals surface area contributed by atoms with Crippen molar-refractivity contribution in [2.75, 3.05) is 17.2 Å². The number of fused-ring (bicyclic) bond motifs is 1. The highest BCUT2D eigenvalue weighted by molar-refractivity contribution is 5.87. The molecule has 1 aromatic carbocycles. The van der Waals surface area contributed by atoms with E-state index in [0.717, 1.165) is 35.4 Å².